The topological polar surface area (TPSA) is 98.7 Å². The Hall–Kier alpha value is -4.02. The molecule has 4 aromatic rings. The van der Waals surface area contributed by atoms with Crippen LogP contribution in [0.5, 0.6) is 0 Å². The summed E-state index contributed by atoms with van der Waals surface area (Å²) in [6.45, 7) is 4.00. The van der Waals surface area contributed by atoms with Crippen molar-refractivity contribution >= 4 is 44.0 Å². The highest BCUT2D eigenvalue weighted by atomic mass is 32.2. The Morgan fingerprint density at radius 3 is 2.36 bits per heavy atom. The summed E-state index contributed by atoms with van der Waals surface area (Å²) in [7, 11) is -2.01. The van der Waals surface area contributed by atoms with Gasteiger partial charge in [-0.05, 0) is 87.5 Å². The summed E-state index contributed by atoms with van der Waals surface area (Å²) in [5.41, 5.74) is 4.51. The van der Waals surface area contributed by atoms with Gasteiger partial charge < -0.3 is 14.7 Å². The number of likely N-dealkylation sites (N-methyl/N-ethyl adjacent to an activating group) is 1. The number of carbonyl (C=O) groups is 1. The van der Waals surface area contributed by atoms with Gasteiger partial charge in [-0.1, -0.05) is 30.7 Å². The average Bonchev–Trinajstić information content (AvgIpc) is 3.86. The van der Waals surface area contributed by atoms with Crippen molar-refractivity contribution < 1.29 is 13.2 Å². The van der Waals surface area contributed by atoms with Crippen LogP contribution in [0.3, 0.4) is 0 Å². The molecule has 0 atom stereocenters. The van der Waals surface area contributed by atoms with Gasteiger partial charge in [-0.3, -0.25) is 14.5 Å². The standard InChI is InChI=1S/C35H38N6O3S/c1-39-31-23-36-29-11-10-24(20-28(29)32(31)35(14-15-35)34(39)42)25-21-30(38-45(43,44)27-8-4-2-5-9-27)33(37-22-25)41-18-12-26(13-19-41)40-16-6-3-7-17-40/h2,4-5,8-11,20-23,26,38H,3,6-7,12-19H2,1H3. The number of rotatable bonds is 6. The fourth-order valence-electron chi connectivity index (χ4n) is 7.72. The zero-order valence-corrected chi connectivity index (χ0v) is 26.4. The number of nitrogens with one attached hydrogen (secondary N) is 1. The minimum absolute atomic E-state index is 0.143. The maximum atomic E-state index is 13.6. The molecule has 2 aromatic heterocycles. The molecule has 1 amide bonds. The molecule has 1 N–H and O–H groups in total. The Morgan fingerprint density at radius 1 is 0.867 bits per heavy atom. The van der Waals surface area contributed by atoms with Crippen LogP contribution in [0, 0.1) is 0 Å². The average molecular weight is 623 g/mol. The third-order valence-corrected chi connectivity index (χ3v) is 11.7. The summed E-state index contributed by atoms with van der Waals surface area (Å²) in [6, 6.07) is 17.0. The molecule has 0 bridgehead atoms. The molecule has 1 aliphatic carbocycles. The summed E-state index contributed by atoms with van der Waals surface area (Å²) in [5, 5.41) is 0.968. The van der Waals surface area contributed by atoms with Crippen LogP contribution in [-0.2, 0) is 20.2 Å². The molecule has 10 heteroatoms. The van der Waals surface area contributed by atoms with Crippen LogP contribution >= 0.6 is 0 Å². The SMILES string of the molecule is CN1C(=O)C2(CC2)c2c1cnc1ccc(-c3cnc(N4CCC(N5CCCCC5)CC4)c(NS(=O)(=O)c4ccccc4)c3)cc21. The molecular formula is C35H38N6O3S. The van der Waals surface area contributed by atoms with Gasteiger partial charge in [0.15, 0.2) is 5.82 Å². The van der Waals surface area contributed by atoms with E-state index in [1.165, 1.54) is 32.4 Å². The second-order valence-corrected chi connectivity index (χ2v) is 14.7. The third-order valence-electron chi connectivity index (χ3n) is 10.3. The van der Waals surface area contributed by atoms with E-state index in [4.69, 9.17) is 4.98 Å². The zero-order valence-electron chi connectivity index (χ0n) is 25.6. The second-order valence-electron chi connectivity index (χ2n) is 13.0. The first-order valence-corrected chi connectivity index (χ1v) is 17.6. The van der Waals surface area contributed by atoms with Gasteiger partial charge in [0.2, 0.25) is 5.91 Å². The van der Waals surface area contributed by atoms with Crippen LogP contribution in [0.1, 0.15) is 50.5 Å². The third kappa shape index (κ3) is 4.86. The largest absolute Gasteiger partial charge is 0.355 e. The van der Waals surface area contributed by atoms with E-state index >= 15 is 0 Å². The van der Waals surface area contributed by atoms with Crippen molar-refractivity contribution in [3.05, 3.63) is 72.6 Å². The number of hydrogen-bond donors (Lipinski definition) is 1. The first kappa shape index (κ1) is 28.5. The first-order chi connectivity index (χ1) is 21.8. The zero-order chi connectivity index (χ0) is 30.8. The number of pyridine rings is 2. The molecule has 45 heavy (non-hydrogen) atoms. The van der Waals surface area contributed by atoms with E-state index in [0.29, 0.717) is 17.5 Å². The minimum Gasteiger partial charge on any atom is -0.355 e. The van der Waals surface area contributed by atoms with E-state index in [-0.39, 0.29) is 10.8 Å². The van der Waals surface area contributed by atoms with Gasteiger partial charge in [-0.25, -0.2) is 13.4 Å². The summed E-state index contributed by atoms with van der Waals surface area (Å²) in [6.07, 6.45) is 11.3. The smallest absolute Gasteiger partial charge is 0.262 e. The second kappa shape index (κ2) is 10.8. The fourth-order valence-corrected chi connectivity index (χ4v) is 8.79. The quantitative estimate of drug-likeness (QED) is 0.301. The fraction of sp³-hybridized carbons (Fsp3) is 0.400. The Balaban J connectivity index is 1.16. The number of hydrogen-bond acceptors (Lipinski definition) is 7. The number of sulfonamides is 1. The summed E-state index contributed by atoms with van der Waals surface area (Å²) < 4.78 is 30.0. The number of fused-ring (bicyclic) bond motifs is 4. The van der Waals surface area contributed by atoms with E-state index in [2.05, 4.69) is 25.6 Å². The number of aromatic nitrogens is 2. The predicted octanol–water partition coefficient (Wildman–Crippen LogP) is 5.56. The number of nitrogens with zero attached hydrogens (tertiary/aromatic N) is 5. The van der Waals surface area contributed by atoms with Crippen LogP contribution in [0.4, 0.5) is 17.2 Å². The number of benzene rings is 2. The molecule has 5 heterocycles. The summed E-state index contributed by atoms with van der Waals surface area (Å²) in [4.78, 5) is 29.6. The monoisotopic (exact) mass is 622 g/mol. The maximum absolute atomic E-state index is 13.6. The first-order valence-electron chi connectivity index (χ1n) is 16.1. The van der Waals surface area contributed by atoms with E-state index < -0.39 is 15.4 Å². The van der Waals surface area contributed by atoms with Crippen LogP contribution in [0.2, 0.25) is 0 Å². The molecule has 1 saturated carbocycles. The Bertz CT molecular complexity index is 1900. The molecule has 3 aliphatic heterocycles. The number of carbonyl (C=O) groups excluding carboxylic acids is 1. The van der Waals surface area contributed by atoms with Crippen molar-refractivity contribution in [1.29, 1.82) is 0 Å². The molecule has 2 aromatic carbocycles. The lowest BCUT2D eigenvalue weighted by atomic mass is 9.92. The van der Waals surface area contributed by atoms with Crippen molar-refractivity contribution in [2.45, 2.75) is 61.3 Å². The van der Waals surface area contributed by atoms with E-state index in [1.54, 1.807) is 29.2 Å². The van der Waals surface area contributed by atoms with Crippen LogP contribution in [-0.4, -0.2) is 68.5 Å². The molecule has 0 unspecified atom stereocenters. The Labute approximate surface area is 264 Å². The van der Waals surface area contributed by atoms with Gasteiger partial charge in [-0.2, -0.15) is 0 Å². The molecule has 4 aliphatic rings. The molecule has 0 radical (unpaired) electrons. The van der Waals surface area contributed by atoms with Crippen molar-refractivity contribution in [1.82, 2.24) is 14.9 Å². The molecule has 1 spiro atoms. The summed E-state index contributed by atoms with van der Waals surface area (Å²) in [5.74, 6) is 0.799. The molecule has 2 saturated heterocycles. The van der Waals surface area contributed by atoms with Crippen LogP contribution in [0.15, 0.2) is 71.9 Å². The maximum Gasteiger partial charge on any atom is 0.262 e. The van der Waals surface area contributed by atoms with Crippen molar-refractivity contribution in [3.63, 3.8) is 0 Å². The number of amides is 1. The lowest BCUT2D eigenvalue weighted by Crippen LogP contribution is -2.47. The van der Waals surface area contributed by atoms with Gasteiger partial charge in [0.1, 0.15) is 0 Å². The molecule has 8 rings (SSSR count). The van der Waals surface area contributed by atoms with E-state index in [9.17, 15) is 13.2 Å². The number of likely N-dealkylation sites (tertiary alicyclic amines) is 1. The molecule has 3 fully saturated rings. The normalized spacial score (nSPS) is 20.2. The van der Waals surface area contributed by atoms with Crippen LogP contribution < -0.4 is 14.5 Å². The highest BCUT2D eigenvalue weighted by Crippen LogP contribution is 2.58. The molecule has 232 valence electrons. The molecule has 9 nitrogen and oxygen atoms in total. The number of anilines is 3. The van der Waals surface area contributed by atoms with Crippen LogP contribution in [0.25, 0.3) is 22.0 Å². The van der Waals surface area contributed by atoms with Gasteiger partial charge in [-0.15, -0.1) is 0 Å². The van der Waals surface area contributed by atoms with Gasteiger partial charge >= 0.3 is 0 Å². The van der Waals surface area contributed by atoms with E-state index in [0.717, 1.165) is 72.1 Å². The van der Waals surface area contributed by atoms with Gasteiger partial charge in [0.25, 0.3) is 10.0 Å². The highest BCUT2D eigenvalue weighted by molar-refractivity contribution is 7.92. The number of piperidine rings is 2. The minimum atomic E-state index is -3.84. The van der Waals surface area contributed by atoms with Crippen molar-refractivity contribution in [3.8, 4) is 11.1 Å². The van der Waals surface area contributed by atoms with Crippen molar-refractivity contribution in [2.75, 3.05) is 47.7 Å². The Kier molecular flexibility index (Phi) is 6.83. The molecular weight excluding hydrogens is 584 g/mol. The highest BCUT2D eigenvalue weighted by Gasteiger charge is 2.59. The summed E-state index contributed by atoms with van der Waals surface area (Å²) >= 11 is 0. The Morgan fingerprint density at radius 2 is 1.62 bits per heavy atom. The van der Waals surface area contributed by atoms with Gasteiger partial charge in [0.05, 0.1) is 33.4 Å². The van der Waals surface area contributed by atoms with E-state index in [1.807, 2.05) is 43.7 Å². The predicted molar refractivity (Wildman–Crippen MR) is 177 cm³/mol. The van der Waals surface area contributed by atoms with Crippen molar-refractivity contribution in [2.24, 2.45) is 0 Å². The lowest BCUT2D eigenvalue weighted by Gasteiger charge is -2.41. The van der Waals surface area contributed by atoms with Gasteiger partial charge in [0, 0.05) is 48.9 Å². The lowest BCUT2D eigenvalue weighted by molar-refractivity contribution is -0.119.